The van der Waals surface area contributed by atoms with Crippen LogP contribution in [0.1, 0.15) is 0 Å². The summed E-state index contributed by atoms with van der Waals surface area (Å²) in [6.07, 6.45) is 2.99. The van der Waals surface area contributed by atoms with Gasteiger partial charge in [-0.3, -0.25) is 4.79 Å². The van der Waals surface area contributed by atoms with E-state index in [0.717, 1.165) is 11.1 Å². The highest BCUT2D eigenvalue weighted by atomic mass is 32.2. The Hall–Kier alpha value is -2.84. The summed E-state index contributed by atoms with van der Waals surface area (Å²) in [5.74, 6) is 1.18. The van der Waals surface area contributed by atoms with Crippen LogP contribution < -0.4 is 10.3 Å². The Labute approximate surface area is 145 Å². The minimum atomic E-state index is -1.10. The van der Waals surface area contributed by atoms with Gasteiger partial charge in [0.25, 0.3) is 5.56 Å². The highest BCUT2D eigenvalue weighted by molar-refractivity contribution is 7.90. The molecule has 126 valence electrons. The fraction of sp³-hybridized carbons (Fsp3) is 0.118. The third-order valence-corrected chi connectivity index (χ3v) is 4.92. The molecule has 2 heterocycles. The molecule has 0 fully saturated rings. The second kappa shape index (κ2) is 5.91. The largest absolute Gasteiger partial charge is 0.612 e. The predicted molar refractivity (Wildman–Crippen MR) is 96.3 cm³/mol. The SMILES string of the molecule is COc1cc([S+](C)[O-])ccc1-c1nc2cc3nc[nH]c(=O)c3cc2[nH]1. The van der Waals surface area contributed by atoms with Crippen molar-refractivity contribution in [3.05, 3.63) is 47.0 Å². The third-order valence-electron chi connectivity index (χ3n) is 4.00. The summed E-state index contributed by atoms with van der Waals surface area (Å²) in [4.78, 5) is 27.1. The number of nitrogens with one attached hydrogen (secondary N) is 2. The van der Waals surface area contributed by atoms with E-state index in [4.69, 9.17) is 4.74 Å². The smallest absolute Gasteiger partial charge is 0.258 e. The number of aromatic amines is 2. The lowest BCUT2D eigenvalue weighted by Gasteiger charge is -2.09. The number of fused-ring (bicyclic) bond motifs is 2. The molecule has 0 aliphatic heterocycles. The van der Waals surface area contributed by atoms with Crippen molar-refractivity contribution in [2.75, 3.05) is 13.4 Å². The Morgan fingerprint density at radius 3 is 2.80 bits per heavy atom. The van der Waals surface area contributed by atoms with E-state index in [1.807, 2.05) is 6.07 Å². The molecular weight excluding hydrogens is 340 g/mol. The average Bonchev–Trinajstić information content (AvgIpc) is 3.02. The first-order valence-corrected chi connectivity index (χ1v) is 9.01. The zero-order valence-corrected chi connectivity index (χ0v) is 14.3. The van der Waals surface area contributed by atoms with Gasteiger partial charge in [-0.05, 0) is 35.4 Å². The number of imidazole rings is 1. The molecule has 0 aliphatic rings. The Kier molecular flexibility index (Phi) is 3.70. The molecule has 8 heteroatoms. The number of benzene rings is 2. The summed E-state index contributed by atoms with van der Waals surface area (Å²) >= 11 is -1.10. The Balaban J connectivity index is 1.91. The van der Waals surface area contributed by atoms with Crippen molar-refractivity contribution < 1.29 is 9.29 Å². The number of H-pyrrole nitrogens is 2. The summed E-state index contributed by atoms with van der Waals surface area (Å²) in [5.41, 5.74) is 2.56. The van der Waals surface area contributed by atoms with Crippen molar-refractivity contribution in [3.63, 3.8) is 0 Å². The first-order valence-electron chi connectivity index (χ1n) is 7.46. The van der Waals surface area contributed by atoms with Crippen molar-refractivity contribution in [3.8, 4) is 17.1 Å². The van der Waals surface area contributed by atoms with Crippen LogP contribution in [-0.4, -0.2) is 37.9 Å². The molecule has 0 saturated heterocycles. The first kappa shape index (κ1) is 15.7. The van der Waals surface area contributed by atoms with E-state index in [1.54, 1.807) is 37.6 Å². The van der Waals surface area contributed by atoms with Crippen LogP contribution in [0.3, 0.4) is 0 Å². The first-order chi connectivity index (χ1) is 12.1. The van der Waals surface area contributed by atoms with Gasteiger partial charge in [0.1, 0.15) is 17.8 Å². The normalized spacial score (nSPS) is 12.6. The molecule has 0 amide bonds. The van der Waals surface area contributed by atoms with Gasteiger partial charge in [-0.25, -0.2) is 9.97 Å². The van der Waals surface area contributed by atoms with Gasteiger partial charge in [-0.15, -0.1) is 0 Å². The molecule has 4 rings (SSSR count). The topological polar surface area (TPSA) is 107 Å². The lowest BCUT2D eigenvalue weighted by molar-refractivity contribution is 0.415. The number of ether oxygens (including phenoxy) is 1. The van der Waals surface area contributed by atoms with Crippen LogP contribution in [0.2, 0.25) is 0 Å². The lowest BCUT2D eigenvalue weighted by Crippen LogP contribution is -2.05. The van der Waals surface area contributed by atoms with E-state index in [2.05, 4.69) is 19.9 Å². The number of nitrogens with zero attached hydrogens (tertiary/aromatic N) is 2. The van der Waals surface area contributed by atoms with Crippen LogP contribution in [0.15, 0.2) is 46.3 Å². The van der Waals surface area contributed by atoms with Gasteiger partial charge in [0.2, 0.25) is 0 Å². The molecule has 0 spiro atoms. The quantitative estimate of drug-likeness (QED) is 0.549. The summed E-state index contributed by atoms with van der Waals surface area (Å²) < 4.78 is 17.1. The molecule has 7 nitrogen and oxygen atoms in total. The maximum absolute atomic E-state index is 11.9. The molecule has 0 saturated carbocycles. The van der Waals surface area contributed by atoms with Gasteiger partial charge in [-0.2, -0.15) is 0 Å². The van der Waals surface area contributed by atoms with Crippen molar-refractivity contribution in [2.45, 2.75) is 4.90 Å². The maximum atomic E-state index is 11.9. The van der Waals surface area contributed by atoms with E-state index < -0.39 is 11.2 Å². The molecule has 0 aliphatic carbocycles. The third kappa shape index (κ3) is 2.65. The van der Waals surface area contributed by atoms with Crippen LogP contribution in [0.4, 0.5) is 0 Å². The summed E-state index contributed by atoms with van der Waals surface area (Å²) in [7, 11) is 1.56. The fourth-order valence-corrected chi connectivity index (χ4v) is 3.28. The van der Waals surface area contributed by atoms with Crippen LogP contribution in [-0.2, 0) is 11.2 Å². The van der Waals surface area contributed by atoms with E-state index in [9.17, 15) is 9.35 Å². The van der Waals surface area contributed by atoms with Gasteiger partial charge in [-0.1, -0.05) is 0 Å². The van der Waals surface area contributed by atoms with Crippen LogP contribution in [0.5, 0.6) is 5.75 Å². The standard InChI is InChI=1S/C17H14N4O3S/c1-24-15-5-9(25(2)23)3-4-10(15)16-20-13-6-11-12(7-14(13)21-16)18-8-19-17(11)22/h3-8H,1-2H3,(H,20,21)(H,18,19,22). The second-order valence-electron chi connectivity index (χ2n) is 5.52. The molecule has 1 atom stereocenters. The number of hydrogen-bond donors (Lipinski definition) is 2. The summed E-state index contributed by atoms with van der Waals surface area (Å²) in [6.45, 7) is 0. The molecule has 0 radical (unpaired) electrons. The Morgan fingerprint density at radius 1 is 1.20 bits per heavy atom. The average molecular weight is 354 g/mol. The molecule has 4 aromatic rings. The fourth-order valence-electron chi connectivity index (χ4n) is 2.75. The van der Waals surface area contributed by atoms with E-state index in [-0.39, 0.29) is 5.56 Å². The van der Waals surface area contributed by atoms with Crippen molar-refractivity contribution in [2.24, 2.45) is 0 Å². The van der Waals surface area contributed by atoms with E-state index in [1.165, 1.54) is 6.33 Å². The molecule has 0 bridgehead atoms. The molecule has 1 unspecified atom stereocenters. The molecular formula is C17H14N4O3S. The molecule has 2 N–H and O–H groups in total. The number of aromatic nitrogens is 4. The van der Waals surface area contributed by atoms with Gasteiger partial charge >= 0.3 is 0 Å². The monoisotopic (exact) mass is 354 g/mol. The maximum Gasteiger partial charge on any atom is 0.258 e. The Bertz CT molecular complexity index is 1150. The van der Waals surface area contributed by atoms with E-state index in [0.29, 0.717) is 32.9 Å². The minimum Gasteiger partial charge on any atom is -0.612 e. The van der Waals surface area contributed by atoms with E-state index >= 15 is 0 Å². The van der Waals surface area contributed by atoms with Crippen LogP contribution >= 0.6 is 0 Å². The highest BCUT2D eigenvalue weighted by Gasteiger charge is 2.15. The molecule has 2 aromatic carbocycles. The zero-order chi connectivity index (χ0) is 17.6. The van der Waals surface area contributed by atoms with Crippen molar-refractivity contribution in [1.29, 1.82) is 0 Å². The van der Waals surface area contributed by atoms with Gasteiger partial charge in [0, 0.05) is 6.07 Å². The number of methoxy groups -OCH3 is 1. The van der Waals surface area contributed by atoms with Crippen molar-refractivity contribution in [1.82, 2.24) is 19.9 Å². The van der Waals surface area contributed by atoms with Crippen molar-refractivity contribution >= 4 is 33.1 Å². The Morgan fingerprint density at radius 2 is 2.04 bits per heavy atom. The number of hydrogen-bond acceptors (Lipinski definition) is 5. The summed E-state index contributed by atoms with van der Waals surface area (Å²) in [5, 5.41) is 0.494. The van der Waals surface area contributed by atoms with Gasteiger partial charge in [0.15, 0.2) is 4.90 Å². The van der Waals surface area contributed by atoms with Crippen LogP contribution in [0.25, 0.3) is 33.3 Å². The zero-order valence-electron chi connectivity index (χ0n) is 13.5. The molecule has 2 aromatic heterocycles. The highest BCUT2D eigenvalue weighted by Crippen LogP contribution is 2.32. The predicted octanol–water partition coefficient (Wildman–Crippen LogP) is 2.21. The molecule has 25 heavy (non-hydrogen) atoms. The lowest BCUT2D eigenvalue weighted by atomic mass is 10.2. The van der Waals surface area contributed by atoms with Gasteiger partial charge in [0.05, 0.1) is 40.9 Å². The number of rotatable bonds is 3. The van der Waals surface area contributed by atoms with Gasteiger partial charge < -0.3 is 19.3 Å². The minimum absolute atomic E-state index is 0.199. The summed E-state index contributed by atoms with van der Waals surface area (Å²) in [6, 6.07) is 8.83. The second-order valence-corrected chi connectivity index (χ2v) is 6.90. The van der Waals surface area contributed by atoms with Crippen LogP contribution in [0, 0.1) is 0 Å².